The van der Waals surface area contributed by atoms with Crippen LogP contribution in [0.25, 0.3) is 0 Å². The Morgan fingerprint density at radius 2 is 1.44 bits per heavy atom. The summed E-state index contributed by atoms with van der Waals surface area (Å²) in [5.74, 6) is -0.655. The lowest BCUT2D eigenvalue weighted by atomic mass is 9.96. The van der Waals surface area contributed by atoms with Gasteiger partial charge in [0.15, 0.2) is 11.5 Å². The van der Waals surface area contributed by atoms with Gasteiger partial charge in [-0.25, -0.2) is 0 Å². The van der Waals surface area contributed by atoms with Gasteiger partial charge in [-0.05, 0) is 19.8 Å². The van der Waals surface area contributed by atoms with E-state index in [0.29, 0.717) is 0 Å². The molecule has 0 heterocycles. The zero-order valence-corrected chi connectivity index (χ0v) is 16.3. The number of nitrogens with two attached hydrogens (primary N) is 2. The lowest BCUT2D eigenvalue weighted by Crippen LogP contribution is -2.64. The Labute approximate surface area is 153 Å². The van der Waals surface area contributed by atoms with Crippen LogP contribution in [0.5, 0.6) is 0 Å². The predicted octanol–water partition coefficient (Wildman–Crippen LogP) is 3.17. The van der Waals surface area contributed by atoms with Gasteiger partial charge in [-0.1, -0.05) is 83.3 Å². The van der Waals surface area contributed by atoms with E-state index in [-0.39, 0.29) is 0 Å². The van der Waals surface area contributed by atoms with E-state index in [1.807, 2.05) is 6.08 Å². The number of aliphatic hydroxyl groups excluding tert-OH is 1. The molecule has 3 atom stereocenters. The van der Waals surface area contributed by atoms with Crippen LogP contribution in [-0.4, -0.2) is 33.9 Å². The average Bonchev–Trinajstić information content (AvgIpc) is 2.57. The Hall–Kier alpha value is -0.750. The van der Waals surface area contributed by atoms with E-state index in [9.17, 15) is 15.0 Å². The molecule has 0 rings (SSSR count). The molecular weight excluding hydrogens is 316 g/mol. The highest BCUT2D eigenvalue weighted by Gasteiger charge is 2.38. The standard InChI is InChI=1S/C20H40N2O3/c1-3-4-5-6-7-8-9-10-11-12-13-14-15-16-18(24)19(21)20(22,25)17(2)23/h15-16,18-19,24-25H,3-14,21-22H2,1-2H3/b16-15+/t18-,19-,20?/m1/s1. The molecule has 0 aromatic carbocycles. The van der Waals surface area contributed by atoms with Crippen molar-refractivity contribution in [3.8, 4) is 0 Å². The Morgan fingerprint density at radius 1 is 1.00 bits per heavy atom. The first-order chi connectivity index (χ1) is 11.8. The Morgan fingerprint density at radius 3 is 1.88 bits per heavy atom. The summed E-state index contributed by atoms with van der Waals surface area (Å²) in [6, 6.07) is -1.22. The molecule has 0 aliphatic heterocycles. The highest BCUT2D eigenvalue weighted by molar-refractivity contribution is 5.84. The normalized spacial score (nSPS) is 16.7. The molecule has 0 amide bonds. The zero-order valence-electron chi connectivity index (χ0n) is 16.3. The van der Waals surface area contributed by atoms with Crippen LogP contribution in [0, 0.1) is 0 Å². The molecule has 0 fully saturated rings. The molecule has 1 unspecified atom stereocenters. The smallest absolute Gasteiger partial charge is 0.191 e. The van der Waals surface area contributed by atoms with Crippen LogP contribution < -0.4 is 11.5 Å². The maximum Gasteiger partial charge on any atom is 0.191 e. The van der Waals surface area contributed by atoms with Crippen LogP contribution in [0.15, 0.2) is 12.2 Å². The first-order valence-electron chi connectivity index (χ1n) is 9.96. The molecule has 0 saturated carbocycles. The number of hydrogen-bond acceptors (Lipinski definition) is 5. The highest BCUT2D eigenvalue weighted by Crippen LogP contribution is 2.13. The monoisotopic (exact) mass is 356 g/mol. The van der Waals surface area contributed by atoms with Crippen molar-refractivity contribution in [2.24, 2.45) is 11.5 Å². The fraction of sp³-hybridized carbons (Fsp3) is 0.850. The van der Waals surface area contributed by atoms with Crippen molar-refractivity contribution in [2.45, 2.75) is 109 Å². The summed E-state index contributed by atoms with van der Waals surface area (Å²) >= 11 is 0. The van der Waals surface area contributed by atoms with Crippen molar-refractivity contribution in [1.29, 1.82) is 0 Å². The summed E-state index contributed by atoms with van der Waals surface area (Å²) in [4.78, 5) is 11.2. The molecule has 5 nitrogen and oxygen atoms in total. The zero-order chi connectivity index (χ0) is 19.1. The molecular formula is C20H40N2O3. The SMILES string of the molecule is CCCCCCCCCCCCC/C=C/[C@@H](O)[C@@H](N)C(N)(O)C(C)=O. The highest BCUT2D eigenvalue weighted by atomic mass is 16.3. The molecule has 0 saturated heterocycles. The Bertz CT molecular complexity index is 370. The van der Waals surface area contributed by atoms with Crippen LogP contribution in [0.2, 0.25) is 0 Å². The maximum absolute atomic E-state index is 11.2. The van der Waals surface area contributed by atoms with Gasteiger partial charge >= 0.3 is 0 Å². The van der Waals surface area contributed by atoms with E-state index in [1.165, 1.54) is 70.3 Å². The molecule has 5 heteroatoms. The summed E-state index contributed by atoms with van der Waals surface area (Å²) in [6.45, 7) is 3.40. The van der Waals surface area contributed by atoms with Crippen molar-refractivity contribution in [1.82, 2.24) is 0 Å². The number of carbonyl (C=O) groups excluding carboxylic acids is 1. The van der Waals surface area contributed by atoms with Gasteiger partial charge in [0.2, 0.25) is 0 Å². The fourth-order valence-electron chi connectivity index (χ4n) is 2.78. The first kappa shape index (κ1) is 24.2. The topological polar surface area (TPSA) is 110 Å². The van der Waals surface area contributed by atoms with Crippen molar-refractivity contribution < 1.29 is 15.0 Å². The van der Waals surface area contributed by atoms with Crippen LogP contribution >= 0.6 is 0 Å². The third-order valence-electron chi connectivity index (χ3n) is 4.75. The average molecular weight is 357 g/mol. The number of allylic oxidation sites excluding steroid dienone is 1. The summed E-state index contributed by atoms with van der Waals surface area (Å²) in [5, 5.41) is 19.6. The van der Waals surface area contributed by atoms with Gasteiger partial charge in [0.05, 0.1) is 12.1 Å². The van der Waals surface area contributed by atoms with Gasteiger partial charge in [-0.15, -0.1) is 0 Å². The lowest BCUT2D eigenvalue weighted by molar-refractivity contribution is -0.139. The van der Waals surface area contributed by atoms with Gasteiger partial charge in [0.25, 0.3) is 0 Å². The first-order valence-corrected chi connectivity index (χ1v) is 9.96. The van der Waals surface area contributed by atoms with Crippen molar-refractivity contribution >= 4 is 5.78 Å². The van der Waals surface area contributed by atoms with E-state index >= 15 is 0 Å². The van der Waals surface area contributed by atoms with E-state index in [4.69, 9.17) is 11.5 Å². The van der Waals surface area contributed by atoms with Gasteiger partial charge in [-0.2, -0.15) is 0 Å². The Balaban J connectivity index is 3.62. The third-order valence-corrected chi connectivity index (χ3v) is 4.75. The molecule has 0 bridgehead atoms. The summed E-state index contributed by atoms with van der Waals surface area (Å²) < 4.78 is 0. The summed E-state index contributed by atoms with van der Waals surface area (Å²) in [6.07, 6.45) is 17.3. The quantitative estimate of drug-likeness (QED) is 0.193. The van der Waals surface area contributed by atoms with E-state index in [1.54, 1.807) is 0 Å². The van der Waals surface area contributed by atoms with Gasteiger partial charge in [-0.3, -0.25) is 10.5 Å². The maximum atomic E-state index is 11.2. The second-order valence-electron chi connectivity index (χ2n) is 7.15. The van der Waals surface area contributed by atoms with Gasteiger partial charge < -0.3 is 15.9 Å². The second kappa shape index (κ2) is 14.4. The van der Waals surface area contributed by atoms with Crippen LogP contribution in [-0.2, 0) is 4.79 Å². The third kappa shape index (κ3) is 11.5. The van der Waals surface area contributed by atoms with Crippen molar-refractivity contribution in [3.63, 3.8) is 0 Å². The fourth-order valence-corrected chi connectivity index (χ4v) is 2.78. The summed E-state index contributed by atoms with van der Waals surface area (Å²) in [5.41, 5.74) is 8.89. The molecule has 0 aromatic heterocycles. The molecule has 25 heavy (non-hydrogen) atoms. The predicted molar refractivity (Wildman–Crippen MR) is 104 cm³/mol. The number of ketones is 1. The van der Waals surface area contributed by atoms with Crippen LogP contribution in [0.3, 0.4) is 0 Å². The minimum Gasteiger partial charge on any atom is -0.387 e. The number of aliphatic hydroxyl groups is 2. The molecule has 148 valence electrons. The van der Waals surface area contributed by atoms with E-state index < -0.39 is 23.7 Å². The molecule has 0 aromatic rings. The number of carbonyl (C=O) groups is 1. The number of Topliss-reactive ketones (excluding diaryl/α,β-unsaturated/α-hetero) is 1. The van der Waals surface area contributed by atoms with Crippen LogP contribution in [0.4, 0.5) is 0 Å². The lowest BCUT2D eigenvalue weighted by Gasteiger charge is -2.29. The molecule has 0 aliphatic carbocycles. The number of unbranched alkanes of at least 4 members (excludes halogenated alkanes) is 11. The number of hydrogen-bond donors (Lipinski definition) is 4. The molecule has 0 spiro atoms. The van der Waals surface area contributed by atoms with Crippen molar-refractivity contribution in [3.05, 3.63) is 12.2 Å². The molecule has 0 aliphatic rings. The molecule has 6 N–H and O–H groups in total. The molecule has 0 radical (unpaired) electrons. The Kier molecular flexibility index (Phi) is 14.0. The largest absolute Gasteiger partial charge is 0.387 e. The minimum atomic E-state index is -2.19. The van der Waals surface area contributed by atoms with Crippen LogP contribution in [0.1, 0.15) is 90.9 Å². The van der Waals surface area contributed by atoms with Gasteiger partial charge in [0.1, 0.15) is 0 Å². The van der Waals surface area contributed by atoms with E-state index in [0.717, 1.165) is 19.8 Å². The van der Waals surface area contributed by atoms with E-state index in [2.05, 4.69) is 6.92 Å². The van der Waals surface area contributed by atoms with Gasteiger partial charge in [0, 0.05) is 0 Å². The van der Waals surface area contributed by atoms with Crippen molar-refractivity contribution in [2.75, 3.05) is 0 Å². The summed E-state index contributed by atoms with van der Waals surface area (Å²) in [7, 11) is 0. The second-order valence-corrected chi connectivity index (χ2v) is 7.15. The number of rotatable bonds is 16. The minimum absolute atomic E-state index is 0.655.